The van der Waals surface area contributed by atoms with E-state index in [9.17, 15) is 9.59 Å². The highest BCUT2D eigenvalue weighted by Gasteiger charge is 2.56. The first-order valence-corrected chi connectivity index (χ1v) is 12.2. The maximum Gasteiger partial charge on any atom is 0.283 e. The molecule has 2 N–H and O–H groups in total. The number of nitrogens with one attached hydrogen (secondary N) is 2. The summed E-state index contributed by atoms with van der Waals surface area (Å²) in [6.45, 7) is 8.93. The van der Waals surface area contributed by atoms with E-state index in [1.807, 2.05) is 19.1 Å². The summed E-state index contributed by atoms with van der Waals surface area (Å²) < 4.78 is 1.63. The second-order valence-corrected chi connectivity index (χ2v) is 10.6. The second-order valence-electron chi connectivity index (χ2n) is 9.85. The van der Waals surface area contributed by atoms with E-state index in [4.69, 9.17) is 0 Å². The molecule has 0 saturated heterocycles. The molecule has 3 saturated carbocycles. The maximum atomic E-state index is 12.9. The molecule has 0 aliphatic heterocycles. The summed E-state index contributed by atoms with van der Waals surface area (Å²) in [5.41, 5.74) is 1.79. The van der Waals surface area contributed by atoms with Crippen LogP contribution in [-0.4, -0.2) is 26.7 Å². The highest BCUT2D eigenvalue weighted by atomic mass is 79.9. The van der Waals surface area contributed by atoms with Gasteiger partial charge in [0.2, 0.25) is 5.91 Å². The van der Waals surface area contributed by atoms with Crippen LogP contribution in [0.2, 0.25) is 0 Å². The molecule has 5 rings (SSSR count). The number of hydrogen-bond donors (Lipinski definition) is 2. The predicted octanol–water partition coefficient (Wildman–Crippen LogP) is 4.15. The van der Waals surface area contributed by atoms with Crippen molar-refractivity contribution in [1.82, 2.24) is 20.1 Å². The van der Waals surface area contributed by atoms with Crippen molar-refractivity contribution in [3.63, 3.8) is 0 Å². The molecule has 1 unspecified atom stereocenters. The van der Waals surface area contributed by atoms with Crippen LogP contribution in [-0.2, 0) is 11.3 Å². The average molecular weight is 502 g/mol. The van der Waals surface area contributed by atoms with Crippen LogP contribution in [0.1, 0.15) is 58.6 Å². The predicted molar refractivity (Wildman–Crippen MR) is 128 cm³/mol. The fraction of sp³-hybridized carbons (Fsp3) is 0.583. The first kappa shape index (κ1) is 23.0. The van der Waals surface area contributed by atoms with Gasteiger partial charge in [0.1, 0.15) is 11.0 Å². The van der Waals surface area contributed by atoms with Crippen LogP contribution in [0.3, 0.4) is 0 Å². The van der Waals surface area contributed by atoms with Crippen LogP contribution in [0.25, 0.3) is 0 Å². The normalized spacial score (nSPS) is 26.7. The molecule has 5 atom stereocenters. The lowest BCUT2D eigenvalue weighted by Crippen LogP contribution is -2.58. The third-order valence-corrected chi connectivity index (χ3v) is 8.59. The molecule has 1 amide bonds. The molecule has 172 valence electrons. The van der Waals surface area contributed by atoms with Gasteiger partial charge in [0.15, 0.2) is 0 Å². The number of rotatable bonds is 7. The van der Waals surface area contributed by atoms with Gasteiger partial charge in [0, 0.05) is 18.4 Å². The van der Waals surface area contributed by atoms with Crippen LogP contribution < -0.4 is 16.2 Å². The van der Waals surface area contributed by atoms with Crippen molar-refractivity contribution in [3.8, 4) is 0 Å². The summed E-state index contributed by atoms with van der Waals surface area (Å²) in [7, 11) is 0. The summed E-state index contributed by atoms with van der Waals surface area (Å²) in [5.74, 6) is 1.72. The number of aromatic nitrogens is 3. The van der Waals surface area contributed by atoms with E-state index in [1.54, 1.807) is 18.6 Å². The number of halogens is 1. The molecule has 32 heavy (non-hydrogen) atoms. The van der Waals surface area contributed by atoms with Crippen molar-refractivity contribution in [2.75, 3.05) is 5.32 Å². The van der Waals surface area contributed by atoms with Gasteiger partial charge < -0.3 is 10.6 Å². The second kappa shape index (κ2) is 8.96. The zero-order valence-corrected chi connectivity index (χ0v) is 20.7. The molecule has 2 bridgehead atoms. The number of anilines is 1. The number of amides is 1. The lowest BCUT2D eigenvalue weighted by Gasteiger charge is -2.62. The van der Waals surface area contributed by atoms with E-state index in [0.29, 0.717) is 33.5 Å². The minimum atomic E-state index is -0.309. The summed E-state index contributed by atoms with van der Waals surface area (Å²) in [6.07, 6.45) is 8.21. The van der Waals surface area contributed by atoms with Crippen LogP contribution >= 0.6 is 15.9 Å². The molecule has 0 spiro atoms. The molecule has 3 fully saturated rings. The maximum absolute atomic E-state index is 12.9. The number of nitrogens with zero attached hydrogens (tertiary/aromatic N) is 3. The Kier molecular flexibility index (Phi) is 6.43. The monoisotopic (exact) mass is 501 g/mol. The number of carbonyl (C=O) groups excluding carboxylic acids is 1. The van der Waals surface area contributed by atoms with Gasteiger partial charge in [-0.05, 0) is 76.1 Å². The smallest absolute Gasteiger partial charge is 0.283 e. The average Bonchev–Trinajstić information content (AvgIpc) is 2.78. The molecule has 0 radical (unpaired) electrons. The van der Waals surface area contributed by atoms with Gasteiger partial charge in [-0.2, -0.15) is 5.10 Å². The van der Waals surface area contributed by atoms with Crippen LogP contribution in [0.15, 0.2) is 40.0 Å². The highest BCUT2D eigenvalue weighted by Crippen LogP contribution is 2.61. The lowest BCUT2D eigenvalue weighted by atomic mass is 9.45. The van der Waals surface area contributed by atoms with Gasteiger partial charge in [-0.25, -0.2) is 4.68 Å². The quantitative estimate of drug-likeness (QED) is 0.594. The Morgan fingerprint density at radius 3 is 2.66 bits per heavy atom. The van der Waals surface area contributed by atoms with Crippen LogP contribution in [0.4, 0.5) is 5.69 Å². The van der Waals surface area contributed by atoms with Gasteiger partial charge >= 0.3 is 0 Å². The highest BCUT2D eigenvalue weighted by molar-refractivity contribution is 9.10. The van der Waals surface area contributed by atoms with E-state index < -0.39 is 0 Å². The van der Waals surface area contributed by atoms with Crippen molar-refractivity contribution >= 4 is 27.5 Å². The molecule has 2 aromatic heterocycles. The summed E-state index contributed by atoms with van der Waals surface area (Å²) in [5, 5.41) is 10.8. The van der Waals surface area contributed by atoms with Crippen molar-refractivity contribution in [3.05, 3.63) is 51.1 Å². The van der Waals surface area contributed by atoms with E-state index in [1.165, 1.54) is 11.1 Å². The third kappa shape index (κ3) is 4.21. The molecule has 0 aromatic carbocycles. The molecule has 8 heteroatoms. The topological polar surface area (TPSA) is 88.9 Å². The zero-order chi connectivity index (χ0) is 23.0. The lowest BCUT2D eigenvalue weighted by molar-refractivity contribution is -0.122. The van der Waals surface area contributed by atoms with Gasteiger partial charge in [-0.3, -0.25) is 14.6 Å². The van der Waals surface area contributed by atoms with E-state index >= 15 is 0 Å². The van der Waals surface area contributed by atoms with Crippen molar-refractivity contribution in [2.24, 2.45) is 23.2 Å². The van der Waals surface area contributed by atoms with E-state index in [-0.39, 0.29) is 24.1 Å². The summed E-state index contributed by atoms with van der Waals surface area (Å²) >= 11 is 3.44. The van der Waals surface area contributed by atoms with Gasteiger partial charge in [0.05, 0.1) is 17.9 Å². The van der Waals surface area contributed by atoms with Crippen molar-refractivity contribution in [2.45, 2.75) is 65.6 Å². The molecule has 2 aromatic rings. The summed E-state index contributed by atoms with van der Waals surface area (Å²) in [4.78, 5) is 29.5. The third-order valence-electron chi connectivity index (χ3n) is 7.83. The Bertz CT molecular complexity index is 1040. The Balaban J connectivity index is 1.42. The zero-order valence-electron chi connectivity index (χ0n) is 19.1. The molecule has 3 aliphatic rings. The fourth-order valence-electron chi connectivity index (χ4n) is 5.61. The van der Waals surface area contributed by atoms with E-state index in [2.05, 4.69) is 57.4 Å². The van der Waals surface area contributed by atoms with E-state index in [0.717, 1.165) is 24.3 Å². The Morgan fingerprint density at radius 1 is 1.31 bits per heavy atom. The minimum absolute atomic E-state index is 0.128. The number of carbonyl (C=O) groups is 1. The first-order chi connectivity index (χ1) is 15.2. The van der Waals surface area contributed by atoms with Crippen molar-refractivity contribution < 1.29 is 4.79 Å². The molecule has 3 aliphatic carbocycles. The number of pyridine rings is 1. The SMILES string of the molecule is CCC(NC(=O)Cn1ncc(N[C@@H]2C[C@H]3C[C@@H]([C@H]2C)C3(C)C)c(Br)c1=O)c1ccncc1. The Hall–Kier alpha value is -2.22. The van der Waals surface area contributed by atoms with Crippen molar-refractivity contribution in [1.29, 1.82) is 0 Å². The molecular weight excluding hydrogens is 470 g/mol. The van der Waals surface area contributed by atoms with Gasteiger partial charge in [0.25, 0.3) is 5.56 Å². The van der Waals surface area contributed by atoms with Gasteiger partial charge in [-0.1, -0.05) is 27.7 Å². The minimum Gasteiger partial charge on any atom is -0.380 e. The summed E-state index contributed by atoms with van der Waals surface area (Å²) in [6, 6.07) is 3.96. The molecule has 7 nitrogen and oxygen atoms in total. The number of hydrogen-bond acceptors (Lipinski definition) is 5. The number of fused-ring (bicyclic) bond motifs is 2. The first-order valence-electron chi connectivity index (χ1n) is 11.4. The Labute approximate surface area is 197 Å². The van der Waals surface area contributed by atoms with Crippen LogP contribution in [0, 0.1) is 23.2 Å². The molecule has 2 heterocycles. The molecular formula is C24H32BrN5O2. The standard InChI is InChI=1S/C24H32BrN5O2/c1-5-18(15-6-8-26-9-7-15)29-21(31)13-30-23(32)22(25)20(12-27-30)28-19-11-16-10-17(14(19)2)24(16,3)4/h6-9,12,14,16-19,28H,5,10-11,13H2,1-4H3,(H,29,31)/t14-,16-,17+,18?,19-/m1/s1. The fourth-order valence-corrected chi connectivity index (χ4v) is 6.03. The largest absolute Gasteiger partial charge is 0.380 e. The van der Waals surface area contributed by atoms with Gasteiger partial charge in [-0.15, -0.1) is 0 Å². The Morgan fingerprint density at radius 2 is 2.03 bits per heavy atom. The van der Waals surface area contributed by atoms with Crippen LogP contribution in [0.5, 0.6) is 0 Å².